The van der Waals surface area contributed by atoms with Gasteiger partial charge in [0, 0.05) is 30.3 Å². The lowest BCUT2D eigenvalue weighted by Crippen LogP contribution is -2.42. The summed E-state index contributed by atoms with van der Waals surface area (Å²) >= 11 is 0. The number of amides is 2. The van der Waals surface area contributed by atoms with Crippen LogP contribution >= 0.6 is 0 Å². The first-order chi connectivity index (χ1) is 15.9. The van der Waals surface area contributed by atoms with Gasteiger partial charge in [0.25, 0.3) is 0 Å². The van der Waals surface area contributed by atoms with Gasteiger partial charge >= 0.3 is 12.1 Å². The highest BCUT2D eigenvalue weighted by atomic mass is 19.4. The predicted molar refractivity (Wildman–Crippen MR) is 110 cm³/mol. The topological polar surface area (TPSA) is 86.7 Å². The van der Waals surface area contributed by atoms with E-state index in [4.69, 9.17) is 5.11 Å². The maximum atomic E-state index is 14.4. The van der Waals surface area contributed by atoms with Crippen LogP contribution in [0.5, 0.6) is 0 Å². The summed E-state index contributed by atoms with van der Waals surface area (Å²) in [5, 5.41) is 11.2. The third-order valence-electron chi connectivity index (χ3n) is 5.21. The summed E-state index contributed by atoms with van der Waals surface area (Å²) in [6.45, 7) is -0.229. The minimum Gasteiger partial charge on any atom is -0.481 e. The summed E-state index contributed by atoms with van der Waals surface area (Å²) in [5.41, 5.74) is -0.176. The van der Waals surface area contributed by atoms with Crippen LogP contribution in [0.2, 0.25) is 0 Å². The molecule has 0 unspecified atom stereocenters. The molecule has 1 aliphatic rings. The third-order valence-corrected chi connectivity index (χ3v) is 5.21. The SMILES string of the molecule is O=C(O)Cc1cc(F)c2c(c1)CCN(C(=O)CNC(=O)/C=C/c1ccc(C(F)(F)F)cc1F)C2. The summed E-state index contributed by atoms with van der Waals surface area (Å²) < 4.78 is 66.0. The molecule has 2 N–H and O–H groups in total. The van der Waals surface area contributed by atoms with Crippen LogP contribution in [0.1, 0.15) is 27.8 Å². The molecule has 1 heterocycles. The molecule has 0 bridgehead atoms. The number of aliphatic carboxylic acids is 1. The molecule has 0 aliphatic carbocycles. The fourth-order valence-corrected chi connectivity index (χ4v) is 3.51. The molecule has 0 aromatic heterocycles. The van der Waals surface area contributed by atoms with Crippen LogP contribution in [0.15, 0.2) is 36.4 Å². The smallest absolute Gasteiger partial charge is 0.416 e. The molecule has 0 radical (unpaired) electrons. The number of rotatable bonds is 6. The first kappa shape index (κ1) is 24.9. The molecule has 11 heteroatoms. The van der Waals surface area contributed by atoms with Crippen LogP contribution in [0.25, 0.3) is 6.08 Å². The molecule has 1 aliphatic heterocycles. The van der Waals surface area contributed by atoms with Gasteiger partial charge in [0.1, 0.15) is 11.6 Å². The second kappa shape index (κ2) is 10.0. The molecule has 0 fully saturated rings. The zero-order chi connectivity index (χ0) is 25.0. The molecular weight excluding hydrogens is 463 g/mol. The number of alkyl halides is 3. The average Bonchev–Trinajstić information content (AvgIpc) is 2.75. The highest BCUT2D eigenvalue weighted by Crippen LogP contribution is 2.30. The minimum atomic E-state index is -4.69. The molecule has 0 spiro atoms. The molecule has 2 amide bonds. The van der Waals surface area contributed by atoms with E-state index in [1.54, 1.807) is 6.07 Å². The van der Waals surface area contributed by atoms with Gasteiger partial charge < -0.3 is 15.3 Å². The molecular formula is C23H19F5N2O4. The number of hydrogen-bond donors (Lipinski definition) is 2. The van der Waals surface area contributed by atoms with E-state index < -0.39 is 47.7 Å². The van der Waals surface area contributed by atoms with E-state index in [9.17, 15) is 36.3 Å². The number of carbonyl (C=O) groups excluding carboxylic acids is 2. The number of nitrogens with one attached hydrogen (secondary N) is 1. The van der Waals surface area contributed by atoms with E-state index in [0.717, 1.165) is 24.3 Å². The Hall–Kier alpha value is -3.76. The van der Waals surface area contributed by atoms with Gasteiger partial charge in [-0.3, -0.25) is 14.4 Å². The summed E-state index contributed by atoms with van der Waals surface area (Å²) in [4.78, 5) is 36.5. The van der Waals surface area contributed by atoms with Crippen LogP contribution in [0.3, 0.4) is 0 Å². The van der Waals surface area contributed by atoms with Crippen molar-refractivity contribution in [3.8, 4) is 0 Å². The lowest BCUT2D eigenvalue weighted by molar-refractivity contribution is -0.138. The zero-order valence-electron chi connectivity index (χ0n) is 17.6. The quantitative estimate of drug-likeness (QED) is 0.489. The number of carboxylic acid groups (broad SMARTS) is 1. The Morgan fingerprint density at radius 2 is 1.82 bits per heavy atom. The van der Waals surface area contributed by atoms with Crippen molar-refractivity contribution in [1.29, 1.82) is 0 Å². The monoisotopic (exact) mass is 482 g/mol. The van der Waals surface area contributed by atoms with E-state index in [0.29, 0.717) is 29.7 Å². The van der Waals surface area contributed by atoms with Gasteiger partial charge in [-0.1, -0.05) is 12.1 Å². The number of benzene rings is 2. The highest BCUT2D eigenvalue weighted by molar-refractivity contribution is 5.94. The van der Waals surface area contributed by atoms with Crippen molar-refractivity contribution in [3.63, 3.8) is 0 Å². The van der Waals surface area contributed by atoms with Crippen molar-refractivity contribution < 1.29 is 41.4 Å². The normalized spacial score (nSPS) is 13.6. The molecule has 3 rings (SSSR count). The lowest BCUT2D eigenvalue weighted by Gasteiger charge is -2.29. The summed E-state index contributed by atoms with van der Waals surface area (Å²) in [6.07, 6.45) is -2.83. The molecule has 34 heavy (non-hydrogen) atoms. The molecule has 6 nitrogen and oxygen atoms in total. The van der Waals surface area contributed by atoms with Gasteiger partial charge in [-0.25, -0.2) is 8.78 Å². The van der Waals surface area contributed by atoms with Gasteiger partial charge in [-0.05, 0) is 41.8 Å². The standard InChI is InChI=1S/C23H19F5N2O4/c24-18-10-16(23(26,27)28)3-1-14(18)2-4-20(31)29-11-21(32)30-6-5-15-7-13(9-22(33)34)8-19(25)17(15)12-30/h1-4,7-8,10H,5-6,9,11-12H2,(H,29,31)(H,33,34)/b4-2+. The Morgan fingerprint density at radius 3 is 2.47 bits per heavy atom. The molecule has 0 saturated heterocycles. The maximum Gasteiger partial charge on any atom is 0.416 e. The van der Waals surface area contributed by atoms with Crippen LogP contribution in [0, 0.1) is 11.6 Å². The van der Waals surface area contributed by atoms with E-state index in [1.165, 1.54) is 4.90 Å². The molecule has 0 saturated carbocycles. The second-order valence-electron chi connectivity index (χ2n) is 7.64. The number of halogens is 5. The van der Waals surface area contributed by atoms with Gasteiger partial charge in [-0.15, -0.1) is 0 Å². The molecule has 0 atom stereocenters. The predicted octanol–water partition coefficient (Wildman–Crippen LogP) is 3.33. The summed E-state index contributed by atoms with van der Waals surface area (Å²) in [6, 6.07) is 4.60. The van der Waals surface area contributed by atoms with Crippen molar-refractivity contribution >= 4 is 23.9 Å². The first-order valence-corrected chi connectivity index (χ1v) is 10.1. The third kappa shape index (κ3) is 6.18. The average molecular weight is 482 g/mol. The van der Waals surface area contributed by atoms with Crippen molar-refractivity contribution in [2.24, 2.45) is 0 Å². The number of hydrogen-bond acceptors (Lipinski definition) is 3. The van der Waals surface area contributed by atoms with Gasteiger partial charge in [-0.2, -0.15) is 13.2 Å². The summed E-state index contributed by atoms with van der Waals surface area (Å²) in [5.74, 6) is -4.12. The van der Waals surface area contributed by atoms with Crippen LogP contribution in [-0.2, 0) is 39.9 Å². The van der Waals surface area contributed by atoms with E-state index in [2.05, 4.69) is 5.32 Å². The fraction of sp³-hybridized carbons (Fsp3) is 0.261. The lowest BCUT2D eigenvalue weighted by atomic mass is 9.95. The first-order valence-electron chi connectivity index (χ1n) is 10.1. The van der Waals surface area contributed by atoms with Crippen LogP contribution < -0.4 is 5.32 Å². The van der Waals surface area contributed by atoms with Crippen molar-refractivity contribution in [2.45, 2.75) is 25.6 Å². The Balaban J connectivity index is 1.56. The number of carboxylic acids is 1. The van der Waals surface area contributed by atoms with E-state index in [-0.39, 0.29) is 30.6 Å². The molecule has 2 aromatic carbocycles. The fourth-order valence-electron chi connectivity index (χ4n) is 3.51. The zero-order valence-corrected chi connectivity index (χ0v) is 17.6. The van der Waals surface area contributed by atoms with Gasteiger partial charge in [0.2, 0.25) is 11.8 Å². The molecule has 180 valence electrons. The van der Waals surface area contributed by atoms with Crippen LogP contribution in [0.4, 0.5) is 22.0 Å². The van der Waals surface area contributed by atoms with Crippen molar-refractivity contribution in [2.75, 3.05) is 13.1 Å². The van der Waals surface area contributed by atoms with E-state index in [1.807, 2.05) is 0 Å². The number of carbonyl (C=O) groups is 3. The molecule has 2 aromatic rings. The number of fused-ring (bicyclic) bond motifs is 1. The largest absolute Gasteiger partial charge is 0.481 e. The minimum absolute atomic E-state index is 0.0458. The Bertz CT molecular complexity index is 1160. The van der Waals surface area contributed by atoms with Gasteiger partial charge in [0.05, 0.1) is 18.5 Å². The second-order valence-corrected chi connectivity index (χ2v) is 7.64. The summed E-state index contributed by atoms with van der Waals surface area (Å²) in [7, 11) is 0. The Labute approximate surface area is 190 Å². The van der Waals surface area contributed by atoms with Crippen LogP contribution in [-0.4, -0.2) is 40.9 Å². The van der Waals surface area contributed by atoms with Gasteiger partial charge in [0.15, 0.2) is 0 Å². The number of nitrogens with zero attached hydrogens (tertiary/aromatic N) is 1. The van der Waals surface area contributed by atoms with E-state index >= 15 is 0 Å². The Kier molecular flexibility index (Phi) is 7.33. The van der Waals surface area contributed by atoms with Crippen molar-refractivity contribution in [3.05, 3.63) is 75.9 Å². The van der Waals surface area contributed by atoms with Crippen molar-refractivity contribution in [1.82, 2.24) is 10.2 Å². The Morgan fingerprint density at radius 1 is 1.09 bits per heavy atom. The highest BCUT2D eigenvalue weighted by Gasteiger charge is 2.31. The maximum absolute atomic E-state index is 14.4.